The SMILES string of the molecule is O=C(O)c1cccc(S(=O)(=O)Nc2ccc3c(c2)-c2ccccc2C3)c1. The summed E-state index contributed by atoms with van der Waals surface area (Å²) >= 11 is 0. The van der Waals surface area contributed by atoms with E-state index in [1.807, 2.05) is 30.3 Å². The van der Waals surface area contributed by atoms with Crippen molar-refractivity contribution in [2.75, 3.05) is 4.72 Å². The van der Waals surface area contributed by atoms with Crippen LogP contribution in [0.25, 0.3) is 11.1 Å². The third-order valence-electron chi connectivity index (χ3n) is 4.44. The molecule has 130 valence electrons. The van der Waals surface area contributed by atoms with Gasteiger partial charge in [-0.05, 0) is 59.0 Å². The van der Waals surface area contributed by atoms with Crippen molar-refractivity contribution in [2.24, 2.45) is 0 Å². The van der Waals surface area contributed by atoms with Gasteiger partial charge in [-0.15, -0.1) is 0 Å². The van der Waals surface area contributed by atoms with Gasteiger partial charge < -0.3 is 5.11 Å². The van der Waals surface area contributed by atoms with Crippen LogP contribution in [0.2, 0.25) is 0 Å². The summed E-state index contributed by atoms with van der Waals surface area (Å²) in [6.45, 7) is 0. The molecule has 4 rings (SSSR count). The Morgan fingerprint density at radius 3 is 2.46 bits per heavy atom. The third kappa shape index (κ3) is 2.84. The number of fused-ring (bicyclic) bond motifs is 3. The van der Waals surface area contributed by atoms with Gasteiger partial charge >= 0.3 is 5.97 Å². The minimum atomic E-state index is -3.88. The van der Waals surface area contributed by atoms with Gasteiger partial charge in [0.05, 0.1) is 10.5 Å². The van der Waals surface area contributed by atoms with Gasteiger partial charge in [-0.3, -0.25) is 4.72 Å². The van der Waals surface area contributed by atoms with Crippen molar-refractivity contribution in [1.82, 2.24) is 0 Å². The number of rotatable bonds is 4. The molecule has 26 heavy (non-hydrogen) atoms. The molecule has 1 aliphatic rings. The molecule has 0 heterocycles. The Kier molecular flexibility index (Phi) is 3.77. The van der Waals surface area contributed by atoms with Gasteiger partial charge in [0.1, 0.15) is 0 Å². The number of anilines is 1. The Hall–Kier alpha value is -3.12. The van der Waals surface area contributed by atoms with Crippen LogP contribution in [0.15, 0.2) is 71.6 Å². The molecule has 0 amide bonds. The molecule has 2 N–H and O–H groups in total. The molecule has 0 unspecified atom stereocenters. The number of sulfonamides is 1. The summed E-state index contributed by atoms with van der Waals surface area (Å²) in [6, 6.07) is 18.8. The lowest BCUT2D eigenvalue weighted by Gasteiger charge is -2.10. The monoisotopic (exact) mass is 365 g/mol. The van der Waals surface area contributed by atoms with Gasteiger partial charge in [-0.1, -0.05) is 36.4 Å². The number of aromatic carboxylic acids is 1. The first kappa shape index (κ1) is 16.4. The second-order valence-electron chi connectivity index (χ2n) is 6.14. The van der Waals surface area contributed by atoms with E-state index < -0.39 is 16.0 Å². The fourth-order valence-electron chi connectivity index (χ4n) is 3.20. The quantitative estimate of drug-likeness (QED) is 0.577. The summed E-state index contributed by atoms with van der Waals surface area (Å²) in [5.74, 6) is -1.17. The van der Waals surface area contributed by atoms with Gasteiger partial charge in [-0.2, -0.15) is 0 Å². The molecular weight excluding hydrogens is 350 g/mol. The molecule has 0 aromatic heterocycles. The van der Waals surface area contributed by atoms with E-state index in [2.05, 4.69) is 10.8 Å². The van der Waals surface area contributed by atoms with Crippen molar-refractivity contribution in [3.8, 4) is 11.1 Å². The highest BCUT2D eigenvalue weighted by Crippen LogP contribution is 2.38. The van der Waals surface area contributed by atoms with Crippen LogP contribution in [0.3, 0.4) is 0 Å². The summed E-state index contributed by atoms with van der Waals surface area (Å²) in [5.41, 5.74) is 4.87. The number of benzene rings is 3. The molecule has 0 radical (unpaired) electrons. The molecule has 3 aromatic carbocycles. The van der Waals surface area contributed by atoms with Crippen molar-refractivity contribution < 1.29 is 18.3 Å². The Morgan fingerprint density at radius 1 is 0.885 bits per heavy atom. The summed E-state index contributed by atoms with van der Waals surface area (Å²) in [7, 11) is -3.88. The number of hydrogen-bond acceptors (Lipinski definition) is 3. The lowest BCUT2D eigenvalue weighted by Crippen LogP contribution is -2.13. The van der Waals surface area contributed by atoms with Gasteiger partial charge in [0.25, 0.3) is 10.0 Å². The van der Waals surface area contributed by atoms with Gasteiger partial charge in [0.2, 0.25) is 0 Å². The predicted octanol–water partition coefficient (Wildman–Crippen LogP) is 3.76. The van der Waals surface area contributed by atoms with Crippen molar-refractivity contribution in [2.45, 2.75) is 11.3 Å². The van der Waals surface area contributed by atoms with E-state index in [0.717, 1.165) is 29.2 Å². The van der Waals surface area contributed by atoms with Crippen molar-refractivity contribution in [1.29, 1.82) is 0 Å². The molecule has 1 aliphatic carbocycles. The van der Waals surface area contributed by atoms with E-state index in [1.54, 1.807) is 6.07 Å². The molecule has 0 spiro atoms. The maximum absolute atomic E-state index is 12.6. The summed E-state index contributed by atoms with van der Waals surface area (Å²) in [5, 5.41) is 9.05. The second kappa shape index (κ2) is 6.00. The largest absolute Gasteiger partial charge is 0.478 e. The van der Waals surface area contributed by atoms with E-state index >= 15 is 0 Å². The fourth-order valence-corrected chi connectivity index (χ4v) is 4.29. The molecule has 5 nitrogen and oxygen atoms in total. The average molecular weight is 365 g/mol. The zero-order valence-electron chi connectivity index (χ0n) is 13.6. The average Bonchev–Trinajstić information content (AvgIpc) is 2.99. The van der Waals surface area contributed by atoms with Gasteiger partial charge in [0.15, 0.2) is 0 Å². The van der Waals surface area contributed by atoms with E-state index in [9.17, 15) is 13.2 Å². The number of carboxylic acids is 1. The topological polar surface area (TPSA) is 83.5 Å². The number of nitrogens with one attached hydrogen (secondary N) is 1. The Labute approximate surface area is 151 Å². The zero-order chi connectivity index (χ0) is 18.3. The van der Waals surface area contributed by atoms with E-state index in [4.69, 9.17) is 5.11 Å². The number of hydrogen-bond donors (Lipinski definition) is 2. The fraction of sp³-hybridized carbons (Fsp3) is 0.0500. The van der Waals surface area contributed by atoms with Crippen LogP contribution in [0, 0.1) is 0 Å². The number of carboxylic acid groups (broad SMARTS) is 1. The number of carbonyl (C=O) groups is 1. The first-order valence-electron chi connectivity index (χ1n) is 8.01. The van der Waals surface area contributed by atoms with Crippen LogP contribution < -0.4 is 4.72 Å². The highest BCUT2D eigenvalue weighted by Gasteiger charge is 2.20. The zero-order valence-corrected chi connectivity index (χ0v) is 14.5. The molecule has 0 saturated heterocycles. The van der Waals surface area contributed by atoms with Crippen LogP contribution in [-0.2, 0) is 16.4 Å². The maximum Gasteiger partial charge on any atom is 0.335 e. The van der Waals surface area contributed by atoms with Crippen LogP contribution in [0.1, 0.15) is 21.5 Å². The minimum absolute atomic E-state index is 0.0734. The van der Waals surface area contributed by atoms with Gasteiger partial charge in [-0.25, -0.2) is 13.2 Å². The molecular formula is C20H15NO4S. The second-order valence-corrected chi connectivity index (χ2v) is 7.83. The van der Waals surface area contributed by atoms with Crippen LogP contribution in [0.5, 0.6) is 0 Å². The van der Waals surface area contributed by atoms with Crippen molar-refractivity contribution in [3.63, 3.8) is 0 Å². The van der Waals surface area contributed by atoms with Crippen LogP contribution in [0.4, 0.5) is 5.69 Å². The summed E-state index contributed by atoms with van der Waals surface area (Å²) in [4.78, 5) is 11.0. The maximum atomic E-state index is 12.6. The van der Waals surface area contributed by atoms with E-state index in [0.29, 0.717) is 5.69 Å². The van der Waals surface area contributed by atoms with Crippen LogP contribution in [-0.4, -0.2) is 19.5 Å². The van der Waals surface area contributed by atoms with E-state index in [1.165, 1.54) is 23.8 Å². The van der Waals surface area contributed by atoms with E-state index in [-0.39, 0.29) is 10.5 Å². The molecule has 6 heteroatoms. The highest BCUT2D eigenvalue weighted by molar-refractivity contribution is 7.92. The van der Waals surface area contributed by atoms with Crippen LogP contribution >= 0.6 is 0 Å². The Morgan fingerprint density at radius 2 is 1.65 bits per heavy atom. The standard InChI is InChI=1S/C20H15NO4S/c22-20(23)15-5-3-6-17(11-15)26(24,25)21-16-9-8-14-10-13-4-1-2-7-18(13)19(14)12-16/h1-9,11-12,21H,10H2,(H,22,23). The summed E-state index contributed by atoms with van der Waals surface area (Å²) in [6.07, 6.45) is 0.833. The first-order valence-corrected chi connectivity index (χ1v) is 9.50. The molecule has 0 atom stereocenters. The van der Waals surface area contributed by atoms with Crippen molar-refractivity contribution >= 4 is 21.7 Å². The molecule has 0 bridgehead atoms. The normalized spacial score (nSPS) is 12.3. The molecule has 0 fully saturated rings. The lowest BCUT2D eigenvalue weighted by molar-refractivity contribution is 0.0696. The van der Waals surface area contributed by atoms with Gasteiger partial charge in [0, 0.05) is 5.69 Å². The smallest absolute Gasteiger partial charge is 0.335 e. The molecule has 3 aromatic rings. The Bertz CT molecular complexity index is 1140. The predicted molar refractivity (Wildman–Crippen MR) is 98.9 cm³/mol. The minimum Gasteiger partial charge on any atom is -0.478 e. The Balaban J connectivity index is 1.68. The molecule has 0 aliphatic heterocycles. The third-order valence-corrected chi connectivity index (χ3v) is 5.82. The summed E-state index contributed by atoms with van der Waals surface area (Å²) < 4.78 is 27.8. The molecule has 0 saturated carbocycles. The van der Waals surface area contributed by atoms with Crippen molar-refractivity contribution in [3.05, 3.63) is 83.4 Å². The first-order chi connectivity index (χ1) is 12.4. The lowest BCUT2D eigenvalue weighted by atomic mass is 10.1. The highest BCUT2D eigenvalue weighted by atomic mass is 32.2.